The lowest BCUT2D eigenvalue weighted by Crippen LogP contribution is -2.37. The minimum Gasteiger partial charge on any atom is -0.459 e. The van der Waals surface area contributed by atoms with Crippen LogP contribution < -0.4 is 11.2 Å². The number of aryl methyl sites for hydroxylation is 2. The van der Waals surface area contributed by atoms with Gasteiger partial charge >= 0.3 is 11.7 Å². The molecule has 0 saturated heterocycles. The molecule has 0 radical (unpaired) electrons. The highest BCUT2D eigenvalue weighted by Gasteiger charge is 2.16. The summed E-state index contributed by atoms with van der Waals surface area (Å²) >= 11 is 1.37. The van der Waals surface area contributed by atoms with Gasteiger partial charge in [0, 0.05) is 25.0 Å². The van der Waals surface area contributed by atoms with Crippen LogP contribution in [-0.4, -0.2) is 36.2 Å². The summed E-state index contributed by atoms with van der Waals surface area (Å²) in [4.78, 5) is 45.3. The first-order chi connectivity index (χ1) is 14.4. The fourth-order valence-corrected chi connectivity index (χ4v) is 3.87. The normalized spacial score (nSPS) is 11.2. The molecule has 0 saturated carbocycles. The average Bonchev–Trinajstić information content (AvgIpc) is 3.39. The van der Waals surface area contributed by atoms with Crippen molar-refractivity contribution < 1.29 is 9.53 Å². The molecule has 0 N–H and O–H groups in total. The minimum absolute atomic E-state index is 0.0354. The van der Waals surface area contributed by atoms with E-state index < -0.39 is 17.2 Å². The Morgan fingerprint density at radius 3 is 2.60 bits per heavy atom. The van der Waals surface area contributed by atoms with Gasteiger partial charge in [0.05, 0.1) is 12.9 Å². The number of imidazole rings is 1. The average molecular weight is 425 g/mol. The number of thiazole rings is 1. The zero-order valence-corrected chi connectivity index (χ0v) is 17.5. The van der Waals surface area contributed by atoms with E-state index in [2.05, 4.69) is 9.97 Å². The Morgan fingerprint density at radius 2 is 1.87 bits per heavy atom. The summed E-state index contributed by atoms with van der Waals surface area (Å²) < 4.78 is 9.22. The van der Waals surface area contributed by atoms with Crippen LogP contribution in [-0.2, 0) is 25.4 Å². The molecular formula is C20H19N5O4S. The maximum Gasteiger partial charge on any atom is 0.357 e. The second-order valence-corrected chi connectivity index (χ2v) is 7.71. The van der Waals surface area contributed by atoms with Gasteiger partial charge in [-0.15, -0.1) is 11.3 Å². The number of hydrogen-bond donors (Lipinski definition) is 0. The Hall–Kier alpha value is -3.53. The van der Waals surface area contributed by atoms with E-state index in [-0.39, 0.29) is 30.0 Å². The largest absolute Gasteiger partial charge is 0.459 e. The van der Waals surface area contributed by atoms with E-state index in [1.807, 2.05) is 31.2 Å². The first kappa shape index (κ1) is 19.8. The second-order valence-electron chi connectivity index (χ2n) is 6.86. The Kier molecular flexibility index (Phi) is 5.08. The molecule has 0 unspecified atom stereocenters. The standard InChI is InChI=1S/C20H19N5O4S/c1-12-4-6-13(7-5-12)17-22-14(10-30-17)19(27)29-9-8-25-11-21-16-15(25)18(26)24(3)20(28)23(16)2/h4-7,10-11H,8-9H2,1-3H3. The van der Waals surface area contributed by atoms with Gasteiger partial charge in [0.25, 0.3) is 5.56 Å². The summed E-state index contributed by atoms with van der Waals surface area (Å²) in [5.74, 6) is -0.533. The van der Waals surface area contributed by atoms with Crippen LogP contribution >= 0.6 is 11.3 Å². The first-order valence-corrected chi connectivity index (χ1v) is 10.1. The molecule has 0 atom stereocenters. The van der Waals surface area contributed by atoms with Crippen molar-refractivity contribution in [3.05, 3.63) is 68.1 Å². The van der Waals surface area contributed by atoms with Gasteiger partial charge in [-0.05, 0) is 6.92 Å². The molecule has 4 rings (SSSR count). The molecule has 30 heavy (non-hydrogen) atoms. The summed E-state index contributed by atoms with van der Waals surface area (Å²) in [5.41, 5.74) is 2.01. The van der Waals surface area contributed by atoms with Crippen LogP contribution in [0, 0.1) is 6.92 Å². The van der Waals surface area contributed by atoms with Crippen LogP contribution in [0.1, 0.15) is 16.1 Å². The maximum absolute atomic E-state index is 12.4. The Labute approximate surface area is 174 Å². The van der Waals surface area contributed by atoms with Gasteiger partial charge < -0.3 is 9.30 Å². The summed E-state index contributed by atoms with van der Waals surface area (Å²) in [6, 6.07) is 7.90. The van der Waals surface area contributed by atoms with E-state index in [1.165, 1.54) is 29.3 Å². The molecule has 0 bridgehead atoms. The molecule has 9 nitrogen and oxygen atoms in total. The van der Waals surface area contributed by atoms with E-state index in [0.717, 1.165) is 20.7 Å². The summed E-state index contributed by atoms with van der Waals surface area (Å²) in [7, 11) is 2.96. The fraction of sp³-hybridized carbons (Fsp3) is 0.250. The highest BCUT2D eigenvalue weighted by Crippen LogP contribution is 2.24. The van der Waals surface area contributed by atoms with Crippen molar-refractivity contribution in [2.75, 3.05) is 6.61 Å². The monoisotopic (exact) mass is 425 g/mol. The molecule has 0 aliphatic rings. The second kappa shape index (κ2) is 7.71. The number of hydrogen-bond acceptors (Lipinski definition) is 7. The van der Waals surface area contributed by atoms with E-state index in [0.29, 0.717) is 0 Å². The molecule has 1 aromatic carbocycles. The Balaban J connectivity index is 1.46. The van der Waals surface area contributed by atoms with Crippen molar-refractivity contribution in [3.63, 3.8) is 0 Å². The van der Waals surface area contributed by atoms with E-state index >= 15 is 0 Å². The lowest BCUT2D eigenvalue weighted by molar-refractivity contribution is 0.0486. The molecule has 0 amide bonds. The molecule has 4 aromatic rings. The van der Waals surface area contributed by atoms with E-state index in [1.54, 1.807) is 17.0 Å². The number of rotatable bonds is 5. The summed E-state index contributed by atoms with van der Waals surface area (Å²) in [6.45, 7) is 2.27. The third-order valence-corrected chi connectivity index (χ3v) is 5.69. The lowest BCUT2D eigenvalue weighted by Gasteiger charge is -2.07. The highest BCUT2D eigenvalue weighted by molar-refractivity contribution is 7.13. The van der Waals surface area contributed by atoms with Crippen LogP contribution in [0.4, 0.5) is 0 Å². The predicted octanol–water partition coefficient (Wildman–Crippen LogP) is 1.72. The van der Waals surface area contributed by atoms with Crippen molar-refractivity contribution in [2.24, 2.45) is 14.1 Å². The quantitative estimate of drug-likeness (QED) is 0.451. The van der Waals surface area contributed by atoms with Crippen LogP contribution in [0.15, 0.2) is 45.6 Å². The SMILES string of the molecule is Cc1ccc(-c2nc(C(=O)OCCn3cnc4c3c(=O)n(C)c(=O)n4C)cs2)cc1. The van der Waals surface area contributed by atoms with Crippen LogP contribution in [0.2, 0.25) is 0 Å². The molecule has 3 heterocycles. The van der Waals surface area contributed by atoms with Gasteiger partial charge in [-0.1, -0.05) is 29.8 Å². The van der Waals surface area contributed by atoms with Crippen molar-refractivity contribution in [2.45, 2.75) is 13.5 Å². The minimum atomic E-state index is -0.533. The van der Waals surface area contributed by atoms with Crippen LogP contribution in [0.25, 0.3) is 21.7 Å². The summed E-state index contributed by atoms with van der Waals surface area (Å²) in [5, 5.41) is 2.40. The first-order valence-electron chi connectivity index (χ1n) is 9.17. The van der Waals surface area contributed by atoms with E-state index in [4.69, 9.17) is 4.74 Å². The fourth-order valence-electron chi connectivity index (χ4n) is 3.07. The number of esters is 1. The van der Waals surface area contributed by atoms with Gasteiger partial charge in [0.15, 0.2) is 16.9 Å². The zero-order chi connectivity index (χ0) is 21.4. The van der Waals surface area contributed by atoms with Gasteiger partial charge in [-0.3, -0.25) is 13.9 Å². The molecule has 10 heteroatoms. The Bertz CT molecular complexity index is 1360. The number of ether oxygens (including phenoxy) is 1. The van der Waals surface area contributed by atoms with Crippen molar-refractivity contribution in [1.82, 2.24) is 23.7 Å². The topological polar surface area (TPSA) is 101 Å². The highest BCUT2D eigenvalue weighted by atomic mass is 32.1. The molecule has 3 aromatic heterocycles. The number of carbonyl (C=O) groups is 1. The number of aromatic nitrogens is 5. The van der Waals surface area contributed by atoms with Crippen molar-refractivity contribution in [3.8, 4) is 10.6 Å². The number of benzene rings is 1. The Morgan fingerprint density at radius 1 is 1.13 bits per heavy atom. The summed E-state index contributed by atoms with van der Waals surface area (Å²) in [6.07, 6.45) is 1.46. The molecular weight excluding hydrogens is 406 g/mol. The number of fused-ring (bicyclic) bond motifs is 1. The van der Waals surface area contributed by atoms with Gasteiger partial charge in [-0.2, -0.15) is 0 Å². The molecule has 154 valence electrons. The molecule has 0 aliphatic carbocycles. The number of nitrogens with zero attached hydrogens (tertiary/aromatic N) is 5. The van der Waals surface area contributed by atoms with Gasteiger partial charge in [-0.25, -0.2) is 19.6 Å². The van der Waals surface area contributed by atoms with Crippen LogP contribution in [0.5, 0.6) is 0 Å². The molecule has 0 fully saturated rings. The maximum atomic E-state index is 12.4. The third kappa shape index (κ3) is 3.45. The van der Waals surface area contributed by atoms with Crippen LogP contribution in [0.3, 0.4) is 0 Å². The van der Waals surface area contributed by atoms with Crippen molar-refractivity contribution in [1.29, 1.82) is 0 Å². The van der Waals surface area contributed by atoms with Gasteiger partial charge in [0.2, 0.25) is 0 Å². The molecule has 0 aliphatic heterocycles. The van der Waals surface area contributed by atoms with Gasteiger partial charge in [0.1, 0.15) is 11.6 Å². The lowest BCUT2D eigenvalue weighted by atomic mass is 10.2. The van der Waals surface area contributed by atoms with Crippen molar-refractivity contribution >= 4 is 28.5 Å². The third-order valence-electron chi connectivity index (χ3n) is 4.79. The van der Waals surface area contributed by atoms with E-state index in [9.17, 15) is 14.4 Å². The molecule has 0 spiro atoms. The smallest absolute Gasteiger partial charge is 0.357 e. The number of carbonyl (C=O) groups excluding carboxylic acids is 1. The zero-order valence-electron chi connectivity index (χ0n) is 16.7. The predicted molar refractivity (Wildman–Crippen MR) is 113 cm³/mol.